The van der Waals surface area contributed by atoms with E-state index in [1.54, 1.807) is 17.1 Å². The Hall–Kier alpha value is -0.900. The van der Waals surface area contributed by atoms with E-state index in [1.165, 1.54) is 0 Å². The molecule has 2 rings (SSSR count). The minimum absolute atomic E-state index is 0.967. The van der Waals surface area contributed by atoms with Gasteiger partial charge in [-0.1, -0.05) is 0 Å². The number of aryl methyl sites for hydroxylation is 1. The molecule has 2 heterocycles. The lowest BCUT2D eigenvalue weighted by Gasteiger charge is -1.87. The summed E-state index contributed by atoms with van der Waals surface area (Å²) >= 11 is 3.41. The molecule has 0 N–H and O–H groups in total. The Morgan fingerprint density at radius 1 is 1.55 bits per heavy atom. The lowest BCUT2D eigenvalue weighted by molar-refractivity contribution is 0.761. The van der Waals surface area contributed by atoms with Crippen molar-refractivity contribution in [1.29, 1.82) is 0 Å². The van der Waals surface area contributed by atoms with E-state index in [0.29, 0.717) is 0 Å². The van der Waals surface area contributed by atoms with Gasteiger partial charge < -0.3 is 0 Å². The highest BCUT2D eigenvalue weighted by atomic mass is 79.9. The highest BCUT2D eigenvalue weighted by Crippen LogP contribution is 2.20. The van der Waals surface area contributed by atoms with E-state index in [2.05, 4.69) is 26.0 Å². The second kappa shape index (κ2) is 2.30. The van der Waals surface area contributed by atoms with Crippen LogP contribution in [-0.2, 0) is 7.05 Å². The summed E-state index contributed by atoms with van der Waals surface area (Å²) in [4.78, 5) is 4.00. The first-order chi connectivity index (χ1) is 5.29. The van der Waals surface area contributed by atoms with Gasteiger partial charge >= 0.3 is 0 Å². The van der Waals surface area contributed by atoms with E-state index in [-0.39, 0.29) is 0 Å². The Balaban J connectivity index is 2.92. The molecule has 0 atom stereocenters. The van der Waals surface area contributed by atoms with Crippen LogP contribution in [0.25, 0.3) is 10.9 Å². The Morgan fingerprint density at radius 2 is 2.36 bits per heavy atom. The minimum atomic E-state index is 0.967. The molecule has 0 saturated heterocycles. The van der Waals surface area contributed by atoms with Crippen molar-refractivity contribution < 1.29 is 0 Å². The van der Waals surface area contributed by atoms with Crippen LogP contribution in [0.15, 0.2) is 23.1 Å². The number of nitrogens with zero attached hydrogens (tertiary/aromatic N) is 3. The summed E-state index contributed by atoms with van der Waals surface area (Å²) in [7, 11) is 1.89. The molecule has 2 aromatic rings. The third-order valence-electron chi connectivity index (χ3n) is 1.56. The van der Waals surface area contributed by atoms with E-state index >= 15 is 0 Å². The second-order valence-electron chi connectivity index (χ2n) is 2.31. The van der Waals surface area contributed by atoms with Crippen LogP contribution in [0.2, 0.25) is 0 Å². The van der Waals surface area contributed by atoms with Gasteiger partial charge in [0.15, 0.2) is 0 Å². The third kappa shape index (κ3) is 0.939. The molecule has 0 amide bonds. The van der Waals surface area contributed by atoms with E-state index in [1.807, 2.05) is 13.1 Å². The standard InChI is InChI=1S/C7H6BrN3/c1-11-7(8)5-4-9-3-2-6(5)10-11/h2-4H,1H3. The maximum absolute atomic E-state index is 4.24. The first kappa shape index (κ1) is 6.79. The molecule has 3 nitrogen and oxygen atoms in total. The number of rotatable bonds is 0. The predicted molar refractivity (Wildman–Crippen MR) is 46.2 cm³/mol. The molecule has 0 aromatic carbocycles. The van der Waals surface area contributed by atoms with Crippen LogP contribution in [0.4, 0.5) is 0 Å². The average Bonchev–Trinajstić information content (AvgIpc) is 2.30. The Kier molecular flexibility index (Phi) is 1.42. The van der Waals surface area contributed by atoms with Crippen LogP contribution in [0, 0.1) is 0 Å². The maximum atomic E-state index is 4.24. The summed E-state index contributed by atoms with van der Waals surface area (Å²) in [6, 6.07) is 1.89. The van der Waals surface area contributed by atoms with Crippen molar-refractivity contribution in [2.24, 2.45) is 7.05 Å². The summed E-state index contributed by atoms with van der Waals surface area (Å²) in [6.07, 6.45) is 3.54. The van der Waals surface area contributed by atoms with E-state index in [4.69, 9.17) is 0 Å². The summed E-state index contributed by atoms with van der Waals surface area (Å²) in [5.41, 5.74) is 0.967. The number of hydrogen-bond donors (Lipinski definition) is 0. The lowest BCUT2D eigenvalue weighted by atomic mass is 10.3. The zero-order valence-electron chi connectivity index (χ0n) is 5.95. The molecule has 4 heteroatoms. The monoisotopic (exact) mass is 211 g/mol. The van der Waals surface area contributed by atoms with E-state index in [9.17, 15) is 0 Å². The Bertz CT molecular complexity index is 393. The molecule has 0 aliphatic heterocycles. The average molecular weight is 212 g/mol. The Labute approximate surface area is 72.2 Å². The fourth-order valence-electron chi connectivity index (χ4n) is 1.01. The first-order valence-corrected chi connectivity index (χ1v) is 4.00. The molecule has 0 radical (unpaired) electrons. The lowest BCUT2D eigenvalue weighted by Crippen LogP contribution is -1.88. The van der Waals surface area contributed by atoms with Gasteiger partial charge in [0.25, 0.3) is 0 Å². The minimum Gasteiger partial charge on any atom is -0.264 e. The SMILES string of the molecule is Cn1nc2ccncc2c1Br. The third-order valence-corrected chi connectivity index (χ3v) is 2.50. The summed E-state index contributed by atoms with van der Waals surface area (Å²) < 4.78 is 2.76. The van der Waals surface area contributed by atoms with Gasteiger partial charge in [0.1, 0.15) is 4.60 Å². The summed E-state index contributed by atoms with van der Waals surface area (Å²) in [6.45, 7) is 0. The molecule has 0 aliphatic rings. The fraction of sp³-hybridized carbons (Fsp3) is 0.143. The van der Waals surface area contributed by atoms with Gasteiger partial charge in [-0.2, -0.15) is 5.10 Å². The van der Waals surface area contributed by atoms with Crippen molar-refractivity contribution in [3.63, 3.8) is 0 Å². The topological polar surface area (TPSA) is 30.7 Å². The van der Waals surface area contributed by atoms with Crippen molar-refractivity contribution in [3.05, 3.63) is 23.1 Å². The van der Waals surface area contributed by atoms with Gasteiger partial charge in [0, 0.05) is 19.4 Å². The van der Waals surface area contributed by atoms with E-state index in [0.717, 1.165) is 15.5 Å². The van der Waals surface area contributed by atoms with Gasteiger partial charge in [-0.05, 0) is 22.0 Å². The molecule has 11 heavy (non-hydrogen) atoms. The molecular formula is C7H6BrN3. The second-order valence-corrected chi connectivity index (χ2v) is 3.06. The van der Waals surface area contributed by atoms with Crippen LogP contribution >= 0.6 is 15.9 Å². The zero-order chi connectivity index (χ0) is 7.84. The zero-order valence-corrected chi connectivity index (χ0v) is 7.54. The molecular weight excluding hydrogens is 206 g/mol. The summed E-state index contributed by atoms with van der Waals surface area (Å²) in [5, 5.41) is 5.29. The van der Waals surface area contributed by atoms with Gasteiger partial charge in [0.2, 0.25) is 0 Å². The molecule has 56 valence electrons. The van der Waals surface area contributed by atoms with Crippen molar-refractivity contribution in [3.8, 4) is 0 Å². The summed E-state index contributed by atoms with van der Waals surface area (Å²) in [5.74, 6) is 0. The molecule has 0 spiro atoms. The van der Waals surface area contributed by atoms with Crippen molar-refractivity contribution in [2.75, 3.05) is 0 Å². The van der Waals surface area contributed by atoms with Gasteiger partial charge in [-0.15, -0.1) is 0 Å². The number of halogens is 1. The molecule has 0 saturated carbocycles. The molecule has 0 aliphatic carbocycles. The molecule has 0 fully saturated rings. The molecule has 0 unspecified atom stereocenters. The maximum Gasteiger partial charge on any atom is 0.113 e. The van der Waals surface area contributed by atoms with Crippen molar-refractivity contribution in [2.45, 2.75) is 0 Å². The number of pyridine rings is 1. The van der Waals surface area contributed by atoms with Crippen molar-refractivity contribution >= 4 is 26.8 Å². The highest BCUT2D eigenvalue weighted by molar-refractivity contribution is 9.10. The fourth-order valence-corrected chi connectivity index (χ4v) is 1.40. The first-order valence-electron chi connectivity index (χ1n) is 3.21. The molecule has 0 bridgehead atoms. The van der Waals surface area contributed by atoms with Crippen LogP contribution < -0.4 is 0 Å². The smallest absolute Gasteiger partial charge is 0.113 e. The van der Waals surface area contributed by atoms with Gasteiger partial charge in [-0.25, -0.2) is 0 Å². The predicted octanol–water partition coefficient (Wildman–Crippen LogP) is 1.73. The van der Waals surface area contributed by atoms with Crippen LogP contribution in [0.3, 0.4) is 0 Å². The van der Waals surface area contributed by atoms with Gasteiger partial charge in [0.05, 0.1) is 10.9 Å². The molecule has 2 aromatic heterocycles. The van der Waals surface area contributed by atoms with Crippen LogP contribution in [0.5, 0.6) is 0 Å². The van der Waals surface area contributed by atoms with Crippen LogP contribution in [-0.4, -0.2) is 14.8 Å². The van der Waals surface area contributed by atoms with Gasteiger partial charge in [-0.3, -0.25) is 9.67 Å². The van der Waals surface area contributed by atoms with E-state index < -0.39 is 0 Å². The Morgan fingerprint density at radius 3 is 3.09 bits per heavy atom. The quantitative estimate of drug-likeness (QED) is 0.665. The van der Waals surface area contributed by atoms with Crippen molar-refractivity contribution in [1.82, 2.24) is 14.8 Å². The van der Waals surface area contributed by atoms with Crippen LogP contribution in [0.1, 0.15) is 0 Å². The highest BCUT2D eigenvalue weighted by Gasteiger charge is 2.03. The number of aromatic nitrogens is 3. The number of hydrogen-bond acceptors (Lipinski definition) is 2. The normalized spacial score (nSPS) is 10.7. The largest absolute Gasteiger partial charge is 0.264 e. The number of fused-ring (bicyclic) bond motifs is 1.